The predicted molar refractivity (Wildman–Crippen MR) is 69.3 cm³/mol. The topological polar surface area (TPSA) is 95.6 Å². The number of aromatic hydroxyl groups is 2. The van der Waals surface area contributed by atoms with Crippen molar-refractivity contribution < 1.29 is 15.0 Å². The molecule has 1 aromatic rings. The molecule has 1 amide bonds. The largest absolute Gasteiger partial charge is 0.504 e. The number of rotatable bonds is 6. The molecule has 0 heterocycles. The van der Waals surface area contributed by atoms with E-state index >= 15 is 0 Å². The van der Waals surface area contributed by atoms with Crippen molar-refractivity contribution in [3.63, 3.8) is 0 Å². The van der Waals surface area contributed by atoms with E-state index in [1.54, 1.807) is 6.07 Å². The van der Waals surface area contributed by atoms with Gasteiger partial charge in [-0.05, 0) is 31.0 Å². The monoisotopic (exact) mass is 250 g/mol. The van der Waals surface area contributed by atoms with Gasteiger partial charge in [0.15, 0.2) is 11.5 Å². The highest BCUT2D eigenvalue weighted by Crippen LogP contribution is 2.25. The second-order valence-corrected chi connectivity index (χ2v) is 4.28. The van der Waals surface area contributed by atoms with Crippen molar-refractivity contribution >= 4 is 5.91 Å². The second kappa shape index (κ2) is 6.07. The zero-order chi connectivity index (χ0) is 13.7. The molecule has 0 aromatic heterocycles. The number of hydrogen-bond donors (Lipinski definition) is 4. The summed E-state index contributed by atoms with van der Waals surface area (Å²) in [5.41, 5.74) is 6.29. The van der Waals surface area contributed by atoms with Crippen LogP contribution < -0.4 is 11.1 Å². The zero-order valence-corrected chi connectivity index (χ0v) is 10.3. The van der Waals surface area contributed by atoms with Crippen LogP contribution in [0.5, 0.6) is 11.5 Å². The first-order valence-corrected chi connectivity index (χ1v) is 5.62. The first kappa shape index (κ1) is 14.1. The van der Waals surface area contributed by atoms with Crippen LogP contribution in [0.25, 0.3) is 0 Å². The highest BCUT2D eigenvalue weighted by atomic mass is 16.3. The Morgan fingerprint density at radius 3 is 2.67 bits per heavy atom. The van der Waals surface area contributed by atoms with E-state index < -0.39 is 5.91 Å². The molecule has 0 aliphatic heterocycles. The normalized spacial score (nSPS) is 12.1. The third-order valence-corrected chi connectivity index (χ3v) is 2.59. The van der Waals surface area contributed by atoms with Gasteiger partial charge in [0.05, 0.1) is 0 Å². The number of phenolic OH excluding ortho intramolecular Hbond substituents is 2. The molecule has 0 spiro atoms. The first-order chi connectivity index (χ1) is 8.40. The molecule has 98 valence electrons. The number of phenols is 2. The van der Waals surface area contributed by atoms with Gasteiger partial charge in [0.2, 0.25) is 5.91 Å². The summed E-state index contributed by atoms with van der Waals surface area (Å²) in [6.45, 7) is 5.83. The fourth-order valence-corrected chi connectivity index (χ4v) is 1.51. The average molecular weight is 250 g/mol. The third-order valence-electron chi connectivity index (χ3n) is 2.59. The molecule has 1 atom stereocenters. The zero-order valence-electron chi connectivity index (χ0n) is 10.3. The molecule has 0 aliphatic carbocycles. The minimum atomic E-state index is -0.517. The van der Waals surface area contributed by atoms with Gasteiger partial charge in [0.1, 0.15) is 0 Å². The molecule has 0 radical (unpaired) electrons. The molecule has 0 saturated heterocycles. The number of primary amides is 1. The summed E-state index contributed by atoms with van der Waals surface area (Å²) in [6.07, 6.45) is 0.653. The number of benzene rings is 1. The number of carbonyl (C=O) groups is 1. The maximum absolute atomic E-state index is 10.8. The van der Waals surface area contributed by atoms with Crippen LogP contribution in [0.2, 0.25) is 0 Å². The van der Waals surface area contributed by atoms with E-state index in [1.807, 2.05) is 6.92 Å². The van der Waals surface area contributed by atoms with Crippen LogP contribution >= 0.6 is 0 Å². The SMILES string of the molecule is C=C(CNC(C)Cc1ccc(O)c(O)c1)C(N)=O. The van der Waals surface area contributed by atoms with E-state index in [4.69, 9.17) is 5.73 Å². The molecule has 5 nitrogen and oxygen atoms in total. The summed E-state index contributed by atoms with van der Waals surface area (Å²) in [5, 5.41) is 21.6. The van der Waals surface area contributed by atoms with E-state index in [1.165, 1.54) is 12.1 Å². The molecule has 1 aromatic carbocycles. The molecular formula is C13H18N2O3. The van der Waals surface area contributed by atoms with E-state index in [9.17, 15) is 15.0 Å². The Morgan fingerprint density at radius 1 is 1.44 bits per heavy atom. The van der Waals surface area contributed by atoms with Crippen molar-refractivity contribution in [3.05, 3.63) is 35.9 Å². The summed E-state index contributed by atoms with van der Waals surface area (Å²) in [6, 6.07) is 4.77. The summed E-state index contributed by atoms with van der Waals surface area (Å²) < 4.78 is 0. The minimum Gasteiger partial charge on any atom is -0.504 e. The number of hydrogen-bond acceptors (Lipinski definition) is 4. The van der Waals surface area contributed by atoms with Crippen molar-refractivity contribution in [2.75, 3.05) is 6.54 Å². The lowest BCUT2D eigenvalue weighted by molar-refractivity contribution is -0.114. The fraction of sp³-hybridized carbons (Fsp3) is 0.308. The molecule has 1 unspecified atom stereocenters. The number of carbonyl (C=O) groups excluding carboxylic acids is 1. The van der Waals surface area contributed by atoms with Crippen LogP contribution in [0.1, 0.15) is 12.5 Å². The average Bonchev–Trinajstić information content (AvgIpc) is 2.30. The van der Waals surface area contributed by atoms with Crippen LogP contribution in [0, 0.1) is 0 Å². The molecule has 18 heavy (non-hydrogen) atoms. The minimum absolute atomic E-state index is 0.0880. The lowest BCUT2D eigenvalue weighted by Gasteiger charge is -2.14. The van der Waals surface area contributed by atoms with E-state index in [2.05, 4.69) is 11.9 Å². The van der Waals surface area contributed by atoms with Gasteiger partial charge in [-0.15, -0.1) is 0 Å². The van der Waals surface area contributed by atoms with Crippen LogP contribution in [0.3, 0.4) is 0 Å². The van der Waals surface area contributed by atoms with Crippen molar-refractivity contribution in [1.82, 2.24) is 5.32 Å². The molecule has 0 bridgehead atoms. The van der Waals surface area contributed by atoms with Gasteiger partial charge in [0.25, 0.3) is 0 Å². The summed E-state index contributed by atoms with van der Waals surface area (Å²) >= 11 is 0. The van der Waals surface area contributed by atoms with Gasteiger partial charge in [-0.1, -0.05) is 12.6 Å². The van der Waals surface area contributed by atoms with Crippen LogP contribution in [0.4, 0.5) is 0 Å². The lowest BCUT2D eigenvalue weighted by Crippen LogP contribution is -2.32. The molecule has 5 heteroatoms. The smallest absolute Gasteiger partial charge is 0.245 e. The lowest BCUT2D eigenvalue weighted by atomic mass is 10.1. The van der Waals surface area contributed by atoms with Gasteiger partial charge in [-0.25, -0.2) is 0 Å². The summed E-state index contributed by atoms with van der Waals surface area (Å²) in [4.78, 5) is 10.8. The van der Waals surface area contributed by atoms with E-state index in [0.29, 0.717) is 18.5 Å². The van der Waals surface area contributed by atoms with Crippen LogP contribution in [0.15, 0.2) is 30.4 Å². The maximum Gasteiger partial charge on any atom is 0.245 e. The third kappa shape index (κ3) is 4.10. The first-order valence-electron chi connectivity index (χ1n) is 5.62. The van der Waals surface area contributed by atoms with Crippen LogP contribution in [-0.2, 0) is 11.2 Å². The number of nitrogens with one attached hydrogen (secondary N) is 1. The van der Waals surface area contributed by atoms with Crippen molar-refractivity contribution in [2.45, 2.75) is 19.4 Å². The Labute approximate surface area is 106 Å². The molecular weight excluding hydrogens is 232 g/mol. The van der Waals surface area contributed by atoms with Crippen LogP contribution in [-0.4, -0.2) is 28.7 Å². The highest BCUT2D eigenvalue weighted by Gasteiger charge is 2.08. The second-order valence-electron chi connectivity index (χ2n) is 4.28. The van der Waals surface area contributed by atoms with Crippen molar-refractivity contribution in [3.8, 4) is 11.5 Å². The van der Waals surface area contributed by atoms with Gasteiger partial charge in [0, 0.05) is 18.2 Å². The molecule has 5 N–H and O–H groups in total. The summed E-state index contributed by atoms with van der Waals surface area (Å²) in [7, 11) is 0. The fourth-order valence-electron chi connectivity index (χ4n) is 1.51. The Hall–Kier alpha value is -2.01. The Balaban J connectivity index is 2.49. The summed E-state index contributed by atoms with van der Waals surface area (Å²) in [5.74, 6) is -0.792. The Kier molecular flexibility index (Phi) is 4.74. The molecule has 0 fully saturated rings. The Bertz CT molecular complexity index is 458. The number of amides is 1. The van der Waals surface area contributed by atoms with Gasteiger partial charge >= 0.3 is 0 Å². The predicted octanol–water partition coefficient (Wildman–Crippen LogP) is 0.660. The maximum atomic E-state index is 10.8. The standard InChI is InChI=1S/C13H18N2O3/c1-8(13(14)18)7-15-9(2)5-10-3-4-11(16)12(17)6-10/h3-4,6,9,15-17H,1,5,7H2,2H3,(H2,14,18). The van der Waals surface area contributed by atoms with Gasteiger partial charge in [-0.3, -0.25) is 4.79 Å². The highest BCUT2D eigenvalue weighted by molar-refractivity contribution is 5.91. The van der Waals surface area contributed by atoms with Gasteiger partial charge in [-0.2, -0.15) is 0 Å². The van der Waals surface area contributed by atoms with Crippen molar-refractivity contribution in [1.29, 1.82) is 0 Å². The molecule has 1 rings (SSSR count). The van der Waals surface area contributed by atoms with Crippen molar-refractivity contribution in [2.24, 2.45) is 5.73 Å². The Morgan fingerprint density at radius 2 is 2.11 bits per heavy atom. The quantitative estimate of drug-likeness (QED) is 0.440. The van der Waals surface area contributed by atoms with E-state index in [0.717, 1.165) is 5.56 Å². The van der Waals surface area contributed by atoms with Gasteiger partial charge < -0.3 is 21.3 Å². The molecule has 0 aliphatic rings. The number of nitrogens with two attached hydrogens (primary N) is 1. The van der Waals surface area contributed by atoms with E-state index in [-0.39, 0.29) is 17.5 Å². The molecule has 0 saturated carbocycles.